The lowest BCUT2D eigenvalue weighted by molar-refractivity contribution is -0.125. The molecule has 0 spiro atoms. The van der Waals surface area contributed by atoms with Gasteiger partial charge in [-0.15, -0.1) is 0 Å². The van der Waals surface area contributed by atoms with Gasteiger partial charge in [0.15, 0.2) is 0 Å². The summed E-state index contributed by atoms with van der Waals surface area (Å²) in [6, 6.07) is 8.53. The first-order valence-corrected chi connectivity index (χ1v) is 7.09. The summed E-state index contributed by atoms with van der Waals surface area (Å²) in [6.45, 7) is 2.85. The molecule has 1 aliphatic rings. The maximum atomic E-state index is 11.9. The molecule has 0 bridgehead atoms. The maximum absolute atomic E-state index is 11.9. The van der Waals surface area contributed by atoms with E-state index in [1.54, 1.807) is 0 Å². The van der Waals surface area contributed by atoms with Crippen LogP contribution in [0.3, 0.4) is 0 Å². The van der Waals surface area contributed by atoms with Crippen molar-refractivity contribution in [1.29, 1.82) is 0 Å². The third-order valence-corrected chi connectivity index (χ3v) is 3.81. The molecule has 0 aliphatic heterocycles. The number of nitrogens with one attached hydrogen (secondary N) is 1. The van der Waals surface area contributed by atoms with Crippen LogP contribution >= 0.6 is 0 Å². The van der Waals surface area contributed by atoms with Crippen molar-refractivity contribution in [1.82, 2.24) is 5.32 Å². The van der Waals surface area contributed by atoms with Gasteiger partial charge in [-0.25, -0.2) is 0 Å². The van der Waals surface area contributed by atoms with E-state index in [-0.39, 0.29) is 11.8 Å². The third kappa shape index (κ3) is 3.86. The van der Waals surface area contributed by atoms with Gasteiger partial charge in [0.2, 0.25) is 5.91 Å². The van der Waals surface area contributed by atoms with E-state index in [1.165, 1.54) is 30.4 Å². The van der Waals surface area contributed by atoms with Crippen molar-refractivity contribution in [2.45, 2.75) is 45.4 Å². The Kier molecular flexibility index (Phi) is 4.80. The fourth-order valence-electron chi connectivity index (χ4n) is 2.59. The van der Waals surface area contributed by atoms with E-state index in [4.69, 9.17) is 0 Å². The number of rotatable bonds is 4. The summed E-state index contributed by atoms with van der Waals surface area (Å²) >= 11 is 0. The summed E-state index contributed by atoms with van der Waals surface area (Å²) in [5.74, 6) is 0.540. The highest BCUT2D eigenvalue weighted by molar-refractivity contribution is 5.78. The van der Waals surface area contributed by atoms with Crippen molar-refractivity contribution >= 4 is 5.91 Å². The predicted octanol–water partition coefficient (Wildman–Crippen LogP) is 3.23. The average molecular weight is 245 g/mol. The van der Waals surface area contributed by atoms with Crippen LogP contribution in [-0.2, 0) is 11.2 Å². The van der Waals surface area contributed by atoms with E-state index in [0.717, 1.165) is 25.8 Å². The second-order valence-electron chi connectivity index (χ2n) is 5.36. The Morgan fingerprint density at radius 3 is 2.50 bits per heavy atom. The van der Waals surface area contributed by atoms with Crippen LogP contribution < -0.4 is 5.32 Å². The van der Waals surface area contributed by atoms with Crippen molar-refractivity contribution in [3.05, 3.63) is 35.4 Å². The van der Waals surface area contributed by atoms with Gasteiger partial charge in [-0.2, -0.15) is 0 Å². The van der Waals surface area contributed by atoms with Crippen molar-refractivity contribution in [2.75, 3.05) is 6.54 Å². The molecule has 1 N–H and O–H groups in total. The van der Waals surface area contributed by atoms with Crippen LogP contribution in [0.5, 0.6) is 0 Å². The molecule has 1 aromatic rings. The number of aryl methyl sites for hydroxylation is 1. The van der Waals surface area contributed by atoms with Gasteiger partial charge in [0.25, 0.3) is 0 Å². The molecule has 0 radical (unpaired) electrons. The van der Waals surface area contributed by atoms with Crippen LogP contribution in [0.15, 0.2) is 24.3 Å². The van der Waals surface area contributed by atoms with E-state index in [2.05, 4.69) is 36.5 Å². The highest BCUT2D eigenvalue weighted by atomic mass is 16.1. The zero-order valence-corrected chi connectivity index (χ0v) is 11.2. The summed E-state index contributed by atoms with van der Waals surface area (Å²) in [6.07, 6.45) is 6.82. The quantitative estimate of drug-likeness (QED) is 0.867. The minimum atomic E-state index is 0.266. The van der Waals surface area contributed by atoms with Gasteiger partial charge in [0.05, 0.1) is 0 Å². The van der Waals surface area contributed by atoms with Gasteiger partial charge < -0.3 is 5.32 Å². The highest BCUT2D eigenvalue weighted by Gasteiger charge is 2.20. The Morgan fingerprint density at radius 1 is 1.17 bits per heavy atom. The molecule has 0 unspecified atom stereocenters. The van der Waals surface area contributed by atoms with Crippen LogP contribution in [0.1, 0.15) is 43.2 Å². The highest BCUT2D eigenvalue weighted by Crippen LogP contribution is 2.23. The Bertz CT molecular complexity index is 377. The van der Waals surface area contributed by atoms with E-state index in [1.807, 2.05) is 0 Å². The fraction of sp³-hybridized carbons (Fsp3) is 0.562. The molecular formula is C16H23NO. The summed E-state index contributed by atoms with van der Waals surface area (Å²) < 4.78 is 0. The van der Waals surface area contributed by atoms with Gasteiger partial charge >= 0.3 is 0 Å². The second kappa shape index (κ2) is 6.58. The zero-order chi connectivity index (χ0) is 12.8. The summed E-state index contributed by atoms with van der Waals surface area (Å²) in [5, 5.41) is 3.08. The SMILES string of the molecule is Cc1ccc(CCNC(=O)C2CCCCC2)cc1. The Labute approximate surface area is 110 Å². The minimum absolute atomic E-state index is 0.266. The van der Waals surface area contributed by atoms with Crippen LogP contribution in [0.25, 0.3) is 0 Å². The molecule has 1 saturated carbocycles. The van der Waals surface area contributed by atoms with E-state index >= 15 is 0 Å². The Morgan fingerprint density at radius 2 is 1.83 bits per heavy atom. The van der Waals surface area contributed by atoms with E-state index in [9.17, 15) is 4.79 Å². The standard InChI is InChI=1S/C16H23NO/c1-13-7-9-14(10-8-13)11-12-17-16(18)15-5-3-2-4-6-15/h7-10,15H,2-6,11-12H2,1H3,(H,17,18). The first-order valence-electron chi connectivity index (χ1n) is 7.09. The average Bonchev–Trinajstić information content (AvgIpc) is 2.42. The lowest BCUT2D eigenvalue weighted by Gasteiger charge is -2.20. The number of amides is 1. The van der Waals surface area contributed by atoms with Crippen molar-refractivity contribution in [3.8, 4) is 0 Å². The van der Waals surface area contributed by atoms with Gasteiger partial charge in [-0.1, -0.05) is 49.1 Å². The molecule has 2 heteroatoms. The molecule has 2 rings (SSSR count). The molecule has 0 saturated heterocycles. The van der Waals surface area contributed by atoms with E-state index < -0.39 is 0 Å². The summed E-state index contributed by atoms with van der Waals surface area (Å²) in [7, 11) is 0. The van der Waals surface area contributed by atoms with Crippen LogP contribution in [0.2, 0.25) is 0 Å². The molecule has 1 aromatic carbocycles. The van der Waals surface area contributed by atoms with Gasteiger partial charge in [-0.3, -0.25) is 4.79 Å². The maximum Gasteiger partial charge on any atom is 0.223 e. The first kappa shape index (κ1) is 13.1. The normalized spacial score (nSPS) is 16.5. The number of hydrogen-bond donors (Lipinski definition) is 1. The molecular weight excluding hydrogens is 222 g/mol. The van der Waals surface area contributed by atoms with Crippen LogP contribution in [-0.4, -0.2) is 12.5 Å². The molecule has 0 heterocycles. The molecule has 98 valence electrons. The number of carbonyl (C=O) groups excluding carboxylic acids is 1. The Hall–Kier alpha value is -1.31. The monoisotopic (exact) mass is 245 g/mol. The summed E-state index contributed by atoms with van der Waals surface area (Å²) in [4.78, 5) is 11.9. The summed E-state index contributed by atoms with van der Waals surface area (Å²) in [5.41, 5.74) is 2.58. The molecule has 1 aliphatic carbocycles. The fourth-order valence-corrected chi connectivity index (χ4v) is 2.59. The van der Waals surface area contributed by atoms with Crippen LogP contribution in [0.4, 0.5) is 0 Å². The molecule has 0 aromatic heterocycles. The molecule has 1 amide bonds. The number of carbonyl (C=O) groups is 1. The van der Waals surface area contributed by atoms with Crippen molar-refractivity contribution in [2.24, 2.45) is 5.92 Å². The molecule has 18 heavy (non-hydrogen) atoms. The van der Waals surface area contributed by atoms with Crippen molar-refractivity contribution in [3.63, 3.8) is 0 Å². The largest absolute Gasteiger partial charge is 0.356 e. The minimum Gasteiger partial charge on any atom is -0.356 e. The smallest absolute Gasteiger partial charge is 0.223 e. The molecule has 0 atom stereocenters. The van der Waals surface area contributed by atoms with Crippen LogP contribution in [0, 0.1) is 12.8 Å². The van der Waals surface area contributed by atoms with Crippen molar-refractivity contribution < 1.29 is 4.79 Å². The lowest BCUT2D eigenvalue weighted by atomic mass is 9.88. The first-order chi connectivity index (χ1) is 8.75. The number of benzene rings is 1. The van der Waals surface area contributed by atoms with Gasteiger partial charge in [0.1, 0.15) is 0 Å². The van der Waals surface area contributed by atoms with Gasteiger partial charge in [-0.05, 0) is 31.7 Å². The molecule has 1 fully saturated rings. The lowest BCUT2D eigenvalue weighted by Crippen LogP contribution is -2.33. The topological polar surface area (TPSA) is 29.1 Å². The molecule has 2 nitrogen and oxygen atoms in total. The second-order valence-corrected chi connectivity index (χ2v) is 5.36. The van der Waals surface area contributed by atoms with Gasteiger partial charge in [0, 0.05) is 12.5 Å². The predicted molar refractivity (Wildman–Crippen MR) is 74.5 cm³/mol. The number of hydrogen-bond acceptors (Lipinski definition) is 1. The Balaban J connectivity index is 1.71. The van der Waals surface area contributed by atoms with E-state index in [0.29, 0.717) is 0 Å². The zero-order valence-electron chi connectivity index (χ0n) is 11.2. The third-order valence-electron chi connectivity index (χ3n) is 3.81.